The Labute approximate surface area is 132 Å². The smallest absolute Gasteiger partial charge is 0.198 e. The number of imidazole rings is 1. The summed E-state index contributed by atoms with van der Waals surface area (Å²) in [7, 11) is 1.57. The molecule has 23 heavy (non-hydrogen) atoms. The highest BCUT2D eigenvalue weighted by molar-refractivity contribution is 6.49. The van der Waals surface area contributed by atoms with Crippen LogP contribution in [0.15, 0.2) is 53.7 Å². The van der Waals surface area contributed by atoms with Crippen LogP contribution in [-0.2, 0) is 0 Å². The average molecular weight is 309 g/mol. The third-order valence-electron chi connectivity index (χ3n) is 3.30. The van der Waals surface area contributed by atoms with E-state index in [1.165, 1.54) is 0 Å². The summed E-state index contributed by atoms with van der Waals surface area (Å²) in [5.74, 6) is 0.953. The Bertz CT molecular complexity index is 852. The van der Waals surface area contributed by atoms with Crippen LogP contribution in [0.2, 0.25) is 0 Å². The molecule has 3 rings (SSSR count). The topological polar surface area (TPSA) is 106 Å². The minimum atomic E-state index is -0.0495. The molecule has 2 aromatic carbocycles. The SMILES string of the molecule is COc1cccc(N/C(=N/O)C(=N)c2nc3ccccc3[nH]2)c1. The molecular formula is C16H15N5O2. The molecule has 0 saturated heterocycles. The fraction of sp³-hybridized carbons (Fsp3) is 0.0625. The molecule has 0 saturated carbocycles. The molecule has 0 aliphatic carbocycles. The molecule has 7 heteroatoms. The first kappa shape index (κ1) is 14.6. The minimum absolute atomic E-state index is 0.0164. The van der Waals surface area contributed by atoms with E-state index < -0.39 is 0 Å². The van der Waals surface area contributed by atoms with Crippen molar-refractivity contribution in [1.82, 2.24) is 9.97 Å². The van der Waals surface area contributed by atoms with Crippen LogP contribution >= 0.6 is 0 Å². The maximum atomic E-state index is 9.23. The minimum Gasteiger partial charge on any atom is -0.497 e. The number of fused-ring (bicyclic) bond motifs is 1. The lowest BCUT2D eigenvalue weighted by Gasteiger charge is -2.09. The van der Waals surface area contributed by atoms with E-state index in [9.17, 15) is 5.21 Å². The molecule has 1 heterocycles. The first-order valence-electron chi connectivity index (χ1n) is 6.88. The largest absolute Gasteiger partial charge is 0.497 e. The zero-order valence-corrected chi connectivity index (χ0v) is 12.4. The van der Waals surface area contributed by atoms with Gasteiger partial charge in [-0.05, 0) is 24.3 Å². The van der Waals surface area contributed by atoms with Crippen molar-refractivity contribution in [2.45, 2.75) is 0 Å². The van der Waals surface area contributed by atoms with Gasteiger partial charge >= 0.3 is 0 Å². The monoisotopic (exact) mass is 309 g/mol. The number of hydrogen-bond acceptors (Lipinski definition) is 5. The molecule has 0 amide bonds. The number of aromatic nitrogens is 2. The first-order valence-corrected chi connectivity index (χ1v) is 6.88. The molecule has 0 atom stereocenters. The van der Waals surface area contributed by atoms with E-state index >= 15 is 0 Å². The lowest BCUT2D eigenvalue weighted by atomic mass is 10.2. The molecule has 0 radical (unpaired) electrons. The molecule has 4 N–H and O–H groups in total. The molecule has 0 aliphatic heterocycles. The van der Waals surface area contributed by atoms with Crippen LogP contribution in [0, 0.1) is 5.41 Å². The fourth-order valence-electron chi connectivity index (χ4n) is 2.16. The molecule has 0 spiro atoms. The normalized spacial score (nSPS) is 11.4. The number of aromatic amines is 1. The van der Waals surface area contributed by atoms with Crippen molar-refractivity contribution in [1.29, 1.82) is 5.41 Å². The van der Waals surface area contributed by atoms with Gasteiger partial charge in [-0.2, -0.15) is 0 Å². The number of rotatable bonds is 4. The van der Waals surface area contributed by atoms with Crippen LogP contribution in [0.1, 0.15) is 5.82 Å². The number of ether oxygens (including phenoxy) is 1. The Balaban J connectivity index is 1.86. The number of benzene rings is 2. The third-order valence-corrected chi connectivity index (χ3v) is 3.30. The van der Waals surface area contributed by atoms with E-state index in [-0.39, 0.29) is 11.5 Å². The van der Waals surface area contributed by atoms with Gasteiger partial charge in [0.15, 0.2) is 11.7 Å². The van der Waals surface area contributed by atoms with Crippen LogP contribution in [0.4, 0.5) is 5.69 Å². The molecule has 7 nitrogen and oxygen atoms in total. The number of methoxy groups -OCH3 is 1. The van der Waals surface area contributed by atoms with Crippen molar-refractivity contribution in [2.75, 3.05) is 12.4 Å². The second-order valence-electron chi connectivity index (χ2n) is 4.78. The summed E-state index contributed by atoms with van der Waals surface area (Å²) in [6.45, 7) is 0. The second kappa shape index (κ2) is 6.18. The van der Waals surface area contributed by atoms with Crippen molar-refractivity contribution in [3.05, 3.63) is 54.4 Å². The molecule has 3 aromatic rings. The summed E-state index contributed by atoms with van der Waals surface area (Å²) in [5, 5.41) is 23.5. The highest BCUT2D eigenvalue weighted by Crippen LogP contribution is 2.17. The molecule has 1 aromatic heterocycles. The summed E-state index contributed by atoms with van der Waals surface area (Å²) in [6.07, 6.45) is 0. The molecule has 0 bridgehead atoms. The van der Waals surface area contributed by atoms with Gasteiger partial charge in [0.05, 0.1) is 18.1 Å². The van der Waals surface area contributed by atoms with Crippen molar-refractivity contribution < 1.29 is 9.94 Å². The number of oxime groups is 1. The van der Waals surface area contributed by atoms with E-state index in [2.05, 4.69) is 20.4 Å². The van der Waals surface area contributed by atoms with E-state index in [4.69, 9.17) is 10.1 Å². The standard InChI is InChI=1S/C16H15N5O2/c1-23-11-6-4-5-10(9-11)18-16(21-22)14(17)15-19-12-7-2-3-8-13(12)20-15/h2-9,17,22H,1H3,(H,18,21)(H,19,20). The van der Waals surface area contributed by atoms with Crippen LogP contribution < -0.4 is 10.1 Å². The predicted octanol–water partition coefficient (Wildman–Crippen LogP) is 2.84. The lowest BCUT2D eigenvalue weighted by molar-refractivity contribution is 0.320. The van der Waals surface area contributed by atoms with E-state index in [1.54, 1.807) is 31.4 Å². The Morgan fingerprint density at radius 3 is 2.83 bits per heavy atom. The number of amidine groups is 1. The zero-order chi connectivity index (χ0) is 16.2. The van der Waals surface area contributed by atoms with Gasteiger partial charge < -0.3 is 20.2 Å². The van der Waals surface area contributed by atoms with Crippen molar-refractivity contribution in [3.63, 3.8) is 0 Å². The van der Waals surface area contributed by atoms with Gasteiger partial charge in [0.2, 0.25) is 0 Å². The van der Waals surface area contributed by atoms with E-state index in [0.717, 1.165) is 11.0 Å². The van der Waals surface area contributed by atoms with Gasteiger partial charge in [-0.15, -0.1) is 0 Å². The lowest BCUT2D eigenvalue weighted by Crippen LogP contribution is -2.24. The third kappa shape index (κ3) is 2.98. The molecular weight excluding hydrogens is 294 g/mol. The van der Waals surface area contributed by atoms with Crippen LogP contribution in [0.5, 0.6) is 5.75 Å². The molecule has 116 valence electrons. The van der Waals surface area contributed by atoms with E-state index in [0.29, 0.717) is 17.3 Å². The highest BCUT2D eigenvalue weighted by atomic mass is 16.5. The Hall–Kier alpha value is -3.35. The number of H-pyrrole nitrogens is 1. The molecule has 0 unspecified atom stereocenters. The van der Waals surface area contributed by atoms with Crippen molar-refractivity contribution >= 4 is 28.3 Å². The predicted molar refractivity (Wildman–Crippen MR) is 88.8 cm³/mol. The average Bonchev–Trinajstić information content (AvgIpc) is 3.03. The summed E-state index contributed by atoms with van der Waals surface area (Å²) < 4.78 is 5.14. The van der Waals surface area contributed by atoms with Crippen LogP contribution in [-0.4, -0.2) is 33.8 Å². The first-order chi connectivity index (χ1) is 11.2. The van der Waals surface area contributed by atoms with Gasteiger partial charge in [0.1, 0.15) is 11.5 Å². The molecule has 0 aliphatic rings. The second-order valence-corrected chi connectivity index (χ2v) is 4.78. The number of nitrogens with zero attached hydrogens (tertiary/aromatic N) is 2. The maximum absolute atomic E-state index is 9.23. The number of hydrogen-bond donors (Lipinski definition) is 4. The van der Waals surface area contributed by atoms with Gasteiger partial charge in [0, 0.05) is 11.8 Å². The van der Waals surface area contributed by atoms with Crippen molar-refractivity contribution in [3.8, 4) is 5.75 Å². The summed E-state index contributed by atoms with van der Waals surface area (Å²) >= 11 is 0. The van der Waals surface area contributed by atoms with Crippen molar-refractivity contribution in [2.24, 2.45) is 5.16 Å². The zero-order valence-electron chi connectivity index (χ0n) is 12.4. The Morgan fingerprint density at radius 1 is 1.26 bits per heavy atom. The van der Waals surface area contributed by atoms with Gasteiger partial charge in [-0.3, -0.25) is 5.41 Å². The fourth-order valence-corrected chi connectivity index (χ4v) is 2.16. The number of anilines is 1. The van der Waals surface area contributed by atoms with Gasteiger partial charge in [-0.25, -0.2) is 4.98 Å². The van der Waals surface area contributed by atoms with Gasteiger partial charge in [0.25, 0.3) is 0 Å². The summed E-state index contributed by atoms with van der Waals surface area (Å²) in [6, 6.07) is 14.6. The maximum Gasteiger partial charge on any atom is 0.198 e. The highest BCUT2D eigenvalue weighted by Gasteiger charge is 2.15. The Kier molecular flexibility index (Phi) is 3.92. The van der Waals surface area contributed by atoms with E-state index in [1.807, 2.05) is 24.3 Å². The number of para-hydroxylation sites is 2. The van der Waals surface area contributed by atoms with Crippen LogP contribution in [0.25, 0.3) is 11.0 Å². The van der Waals surface area contributed by atoms with Gasteiger partial charge in [-0.1, -0.05) is 23.4 Å². The molecule has 0 fully saturated rings. The quantitative estimate of drug-likeness (QED) is 0.257. The summed E-state index contributed by atoms with van der Waals surface area (Å²) in [4.78, 5) is 7.35. The summed E-state index contributed by atoms with van der Waals surface area (Å²) in [5.41, 5.74) is 2.14. The van der Waals surface area contributed by atoms with Crippen LogP contribution in [0.3, 0.4) is 0 Å². The Morgan fingerprint density at radius 2 is 2.09 bits per heavy atom. The number of nitrogens with one attached hydrogen (secondary N) is 3.